The normalized spacial score (nSPS) is 12.3. The molecule has 2 aromatic rings. The summed E-state index contributed by atoms with van der Waals surface area (Å²) in [5.41, 5.74) is 0.482. The van der Waals surface area contributed by atoms with Gasteiger partial charge in [-0.15, -0.1) is 0 Å². The smallest absolute Gasteiger partial charge is 0.324 e. The second-order valence-electron chi connectivity index (χ2n) is 6.54. The van der Waals surface area contributed by atoms with Gasteiger partial charge in [0.15, 0.2) is 6.61 Å². The number of hydrogen-bond donors (Lipinski definition) is 2. The highest BCUT2D eigenvalue weighted by molar-refractivity contribution is 7.89. The third-order valence-corrected chi connectivity index (χ3v) is 5.41. The van der Waals surface area contributed by atoms with Crippen LogP contribution in [-0.4, -0.2) is 40.1 Å². The predicted molar refractivity (Wildman–Crippen MR) is 108 cm³/mol. The summed E-state index contributed by atoms with van der Waals surface area (Å²) in [6, 6.07) is 13.3. The van der Waals surface area contributed by atoms with E-state index in [4.69, 9.17) is 9.47 Å². The second-order valence-corrected chi connectivity index (χ2v) is 8.26. The summed E-state index contributed by atoms with van der Waals surface area (Å²) < 4.78 is 37.4. The quantitative estimate of drug-likeness (QED) is 0.602. The number of benzene rings is 2. The molecule has 0 saturated carbocycles. The molecule has 2 rings (SSSR count). The largest absolute Gasteiger partial charge is 0.497 e. The van der Waals surface area contributed by atoms with Crippen molar-refractivity contribution in [3.8, 4) is 5.75 Å². The van der Waals surface area contributed by atoms with E-state index in [0.29, 0.717) is 11.4 Å². The summed E-state index contributed by atoms with van der Waals surface area (Å²) in [4.78, 5) is 24.5. The summed E-state index contributed by atoms with van der Waals surface area (Å²) in [5.74, 6) is -1.21. The first kappa shape index (κ1) is 22.4. The van der Waals surface area contributed by atoms with Gasteiger partial charge in [0, 0.05) is 11.8 Å². The van der Waals surface area contributed by atoms with Gasteiger partial charge in [0.1, 0.15) is 11.8 Å². The molecule has 0 aliphatic carbocycles. The molecular formula is C20H24N2O6S. The minimum Gasteiger partial charge on any atom is -0.497 e. The first-order chi connectivity index (χ1) is 13.7. The Kier molecular flexibility index (Phi) is 7.74. The van der Waals surface area contributed by atoms with Gasteiger partial charge < -0.3 is 14.8 Å². The summed E-state index contributed by atoms with van der Waals surface area (Å²) in [7, 11) is -2.40. The van der Waals surface area contributed by atoms with E-state index in [1.54, 1.807) is 56.3 Å². The summed E-state index contributed by atoms with van der Waals surface area (Å²) >= 11 is 0. The lowest BCUT2D eigenvalue weighted by Gasteiger charge is -2.20. The van der Waals surface area contributed by atoms with Crippen molar-refractivity contribution in [2.24, 2.45) is 5.92 Å². The fraction of sp³-hybridized carbons (Fsp3) is 0.300. The summed E-state index contributed by atoms with van der Waals surface area (Å²) in [6.45, 7) is 2.80. The van der Waals surface area contributed by atoms with E-state index in [-0.39, 0.29) is 10.8 Å². The van der Waals surface area contributed by atoms with Crippen LogP contribution in [0.25, 0.3) is 0 Å². The molecule has 0 radical (unpaired) electrons. The first-order valence-electron chi connectivity index (χ1n) is 8.91. The van der Waals surface area contributed by atoms with Crippen LogP contribution in [0.1, 0.15) is 13.8 Å². The summed E-state index contributed by atoms with van der Waals surface area (Å²) in [5, 5.41) is 2.58. The molecule has 0 saturated heterocycles. The van der Waals surface area contributed by atoms with Crippen molar-refractivity contribution < 1.29 is 27.5 Å². The average Bonchev–Trinajstić information content (AvgIpc) is 2.71. The third kappa shape index (κ3) is 6.58. The van der Waals surface area contributed by atoms with Crippen molar-refractivity contribution in [1.82, 2.24) is 4.72 Å². The number of ether oxygens (including phenoxy) is 2. The third-order valence-electron chi connectivity index (χ3n) is 3.96. The Morgan fingerprint density at radius 3 is 2.34 bits per heavy atom. The molecule has 0 heterocycles. The molecule has 0 unspecified atom stereocenters. The van der Waals surface area contributed by atoms with Gasteiger partial charge >= 0.3 is 5.97 Å². The molecule has 0 aliphatic heterocycles. The number of carbonyl (C=O) groups excluding carboxylic acids is 2. The van der Waals surface area contributed by atoms with Crippen LogP contribution < -0.4 is 14.8 Å². The maximum atomic E-state index is 12.5. The van der Waals surface area contributed by atoms with Crippen molar-refractivity contribution in [3.63, 3.8) is 0 Å². The van der Waals surface area contributed by atoms with Crippen LogP contribution in [0.3, 0.4) is 0 Å². The van der Waals surface area contributed by atoms with Crippen molar-refractivity contribution in [1.29, 1.82) is 0 Å². The van der Waals surface area contributed by atoms with Crippen molar-refractivity contribution >= 4 is 27.6 Å². The number of nitrogens with one attached hydrogen (secondary N) is 2. The van der Waals surface area contributed by atoms with Crippen molar-refractivity contribution in [2.75, 3.05) is 19.0 Å². The van der Waals surface area contributed by atoms with Gasteiger partial charge in [-0.25, -0.2) is 8.42 Å². The van der Waals surface area contributed by atoms with E-state index in [1.165, 1.54) is 19.2 Å². The average molecular weight is 420 g/mol. The Hall–Kier alpha value is -2.91. The number of carbonyl (C=O) groups is 2. The first-order valence-corrected chi connectivity index (χ1v) is 10.4. The zero-order valence-corrected chi connectivity index (χ0v) is 17.2. The highest BCUT2D eigenvalue weighted by atomic mass is 32.2. The molecule has 0 bridgehead atoms. The van der Waals surface area contributed by atoms with Gasteiger partial charge in [0.05, 0.1) is 12.0 Å². The molecule has 9 heteroatoms. The molecule has 2 aromatic carbocycles. The van der Waals surface area contributed by atoms with Crippen LogP contribution in [0.15, 0.2) is 59.5 Å². The van der Waals surface area contributed by atoms with E-state index in [0.717, 1.165) is 0 Å². The molecule has 156 valence electrons. The lowest BCUT2D eigenvalue weighted by atomic mass is 10.1. The van der Waals surface area contributed by atoms with Gasteiger partial charge in [0.25, 0.3) is 5.91 Å². The lowest BCUT2D eigenvalue weighted by molar-refractivity contribution is -0.150. The minimum atomic E-state index is -3.91. The Balaban J connectivity index is 1.98. The van der Waals surface area contributed by atoms with Gasteiger partial charge in [-0.2, -0.15) is 4.72 Å². The minimum absolute atomic E-state index is 0.0363. The van der Waals surface area contributed by atoms with Crippen LogP contribution in [-0.2, 0) is 24.3 Å². The van der Waals surface area contributed by atoms with Gasteiger partial charge in [0.2, 0.25) is 10.0 Å². The Morgan fingerprint density at radius 1 is 1.03 bits per heavy atom. The Labute approximate surface area is 170 Å². The van der Waals surface area contributed by atoms with E-state index < -0.39 is 34.5 Å². The fourth-order valence-corrected chi connectivity index (χ4v) is 3.77. The topological polar surface area (TPSA) is 111 Å². The standard InChI is InChI=1S/C20H24N2O6S/c1-14(2)19(22-29(25,26)17-10-5-4-6-11-17)20(24)28-13-18(23)21-15-8-7-9-16(12-15)27-3/h4-12,14,19,22H,13H2,1-3H3,(H,21,23)/t19-/m0/s1. The number of esters is 1. The molecule has 0 spiro atoms. The number of hydrogen-bond acceptors (Lipinski definition) is 6. The molecule has 0 aromatic heterocycles. The monoisotopic (exact) mass is 420 g/mol. The zero-order chi connectivity index (χ0) is 21.4. The SMILES string of the molecule is COc1cccc(NC(=O)COC(=O)[C@@H](NS(=O)(=O)c2ccccc2)C(C)C)c1. The number of methoxy groups -OCH3 is 1. The number of rotatable bonds is 9. The Bertz CT molecular complexity index is 944. The van der Waals surface area contributed by atoms with Gasteiger partial charge in [-0.3, -0.25) is 9.59 Å². The maximum absolute atomic E-state index is 12.5. The molecule has 0 aliphatic rings. The van der Waals surface area contributed by atoms with Gasteiger partial charge in [-0.05, 0) is 30.2 Å². The Morgan fingerprint density at radius 2 is 1.72 bits per heavy atom. The molecule has 1 amide bonds. The number of amides is 1. The molecular weight excluding hydrogens is 396 g/mol. The van der Waals surface area contributed by atoms with Crippen LogP contribution in [0, 0.1) is 5.92 Å². The molecule has 8 nitrogen and oxygen atoms in total. The van der Waals surface area contributed by atoms with Crippen LogP contribution in [0.4, 0.5) is 5.69 Å². The molecule has 2 N–H and O–H groups in total. The molecule has 0 fully saturated rings. The lowest BCUT2D eigenvalue weighted by Crippen LogP contribution is -2.45. The highest BCUT2D eigenvalue weighted by Gasteiger charge is 2.30. The maximum Gasteiger partial charge on any atom is 0.324 e. The fourth-order valence-electron chi connectivity index (χ4n) is 2.42. The van der Waals surface area contributed by atoms with Gasteiger partial charge in [-0.1, -0.05) is 38.1 Å². The van der Waals surface area contributed by atoms with Crippen molar-refractivity contribution in [2.45, 2.75) is 24.8 Å². The number of anilines is 1. The summed E-state index contributed by atoms with van der Waals surface area (Å²) in [6.07, 6.45) is 0. The van der Waals surface area contributed by atoms with Crippen LogP contribution in [0.5, 0.6) is 5.75 Å². The van der Waals surface area contributed by atoms with E-state index in [1.807, 2.05) is 0 Å². The molecule has 29 heavy (non-hydrogen) atoms. The van der Waals surface area contributed by atoms with E-state index >= 15 is 0 Å². The van der Waals surface area contributed by atoms with Crippen molar-refractivity contribution in [3.05, 3.63) is 54.6 Å². The van der Waals surface area contributed by atoms with Crippen LogP contribution in [0.2, 0.25) is 0 Å². The number of sulfonamides is 1. The van der Waals surface area contributed by atoms with E-state index in [2.05, 4.69) is 10.0 Å². The van der Waals surface area contributed by atoms with Crippen LogP contribution >= 0.6 is 0 Å². The van der Waals surface area contributed by atoms with E-state index in [9.17, 15) is 18.0 Å². The predicted octanol–water partition coefficient (Wildman–Crippen LogP) is 2.18. The highest BCUT2D eigenvalue weighted by Crippen LogP contribution is 2.17. The second kappa shape index (κ2) is 10.0. The molecule has 1 atom stereocenters. The zero-order valence-electron chi connectivity index (χ0n) is 16.4.